The number of benzene rings is 1. The number of amides is 1. The Labute approximate surface area is 159 Å². The first-order valence-electron chi connectivity index (χ1n) is 9.76. The number of quaternary nitrogens is 1. The van der Waals surface area contributed by atoms with Crippen LogP contribution >= 0.6 is 0 Å². The number of aliphatic hydroxyl groups is 1. The average Bonchev–Trinajstić information content (AvgIpc) is 2.97. The summed E-state index contributed by atoms with van der Waals surface area (Å²) in [5, 5.41) is 12.2. The van der Waals surface area contributed by atoms with E-state index < -0.39 is 16.9 Å². The van der Waals surface area contributed by atoms with Crippen molar-refractivity contribution in [2.45, 2.75) is 48.8 Å². The lowest BCUT2D eigenvalue weighted by Crippen LogP contribution is -2.79. The van der Waals surface area contributed by atoms with Crippen molar-refractivity contribution in [2.75, 3.05) is 20.1 Å². The summed E-state index contributed by atoms with van der Waals surface area (Å²) in [6.45, 7) is 10.00. The normalized spacial score (nSPS) is 40.9. The molecule has 4 aliphatic rings. The Kier molecular flexibility index (Phi) is 3.17. The van der Waals surface area contributed by atoms with Crippen molar-refractivity contribution < 1.29 is 19.1 Å². The zero-order valence-electron chi connectivity index (χ0n) is 15.8. The van der Waals surface area contributed by atoms with E-state index in [4.69, 9.17) is 10.5 Å². The van der Waals surface area contributed by atoms with Crippen LogP contribution in [0.2, 0.25) is 0 Å². The van der Waals surface area contributed by atoms with Gasteiger partial charge in [-0.1, -0.05) is 19.2 Å². The molecule has 2 bridgehead atoms. The minimum atomic E-state index is -0.886. The highest BCUT2D eigenvalue weighted by molar-refractivity contribution is 5.97. The number of carbonyl (C=O) groups excluding carboxylic acids is 1. The van der Waals surface area contributed by atoms with E-state index in [9.17, 15) is 9.90 Å². The Morgan fingerprint density at radius 2 is 2.26 bits per heavy atom. The summed E-state index contributed by atoms with van der Waals surface area (Å²) >= 11 is 0. The SMILES string of the molecule is C=CC[N+]1(C)CC[C@]23c4c5ccc(C(N)=O)c4OC2C(=C)CC[C@@]3(O)[C@H]1C5. The number of nitrogens with two attached hydrogens (primary N) is 1. The van der Waals surface area contributed by atoms with Crippen molar-refractivity contribution in [3.8, 4) is 5.75 Å². The van der Waals surface area contributed by atoms with Crippen LogP contribution < -0.4 is 10.5 Å². The molecule has 2 fully saturated rings. The molecule has 5 nitrogen and oxygen atoms in total. The van der Waals surface area contributed by atoms with E-state index in [2.05, 4.69) is 20.2 Å². The van der Waals surface area contributed by atoms with Crippen molar-refractivity contribution in [1.29, 1.82) is 0 Å². The molecule has 5 heteroatoms. The number of likely N-dealkylation sites (N-methyl/N-ethyl adjacent to an activating group) is 1. The number of hydrogen-bond acceptors (Lipinski definition) is 3. The lowest BCUT2D eigenvalue weighted by atomic mass is 9.48. The molecule has 1 spiro atoms. The molecule has 2 aliphatic carbocycles. The van der Waals surface area contributed by atoms with Gasteiger partial charge in [0.1, 0.15) is 23.5 Å². The van der Waals surface area contributed by atoms with Crippen LogP contribution in [0.3, 0.4) is 0 Å². The van der Waals surface area contributed by atoms with E-state index in [0.717, 1.165) is 48.0 Å². The fourth-order valence-corrected chi connectivity index (χ4v) is 6.68. The average molecular weight is 367 g/mol. The summed E-state index contributed by atoms with van der Waals surface area (Å²) in [4.78, 5) is 12.0. The molecule has 1 saturated carbocycles. The molecular formula is C22H27N2O3+. The monoisotopic (exact) mass is 367 g/mol. The smallest absolute Gasteiger partial charge is 0.252 e. The second-order valence-electron chi connectivity index (χ2n) is 9.04. The van der Waals surface area contributed by atoms with E-state index in [1.165, 1.54) is 5.56 Å². The molecule has 5 rings (SSSR count). The Morgan fingerprint density at radius 1 is 1.48 bits per heavy atom. The van der Waals surface area contributed by atoms with Crippen molar-refractivity contribution in [3.63, 3.8) is 0 Å². The zero-order chi connectivity index (χ0) is 19.2. The third-order valence-corrected chi connectivity index (χ3v) is 7.89. The van der Waals surface area contributed by atoms with E-state index in [1.54, 1.807) is 6.07 Å². The van der Waals surface area contributed by atoms with Gasteiger partial charge >= 0.3 is 0 Å². The predicted molar refractivity (Wildman–Crippen MR) is 103 cm³/mol. The van der Waals surface area contributed by atoms with Gasteiger partial charge in [-0.05, 0) is 36.1 Å². The molecule has 1 aromatic carbocycles. The maximum atomic E-state index is 12.2. The fourth-order valence-electron chi connectivity index (χ4n) is 6.68. The summed E-state index contributed by atoms with van der Waals surface area (Å²) in [5.74, 6) is 0.104. The first-order valence-corrected chi connectivity index (χ1v) is 9.76. The summed E-state index contributed by atoms with van der Waals surface area (Å²) in [5.41, 5.74) is 7.85. The van der Waals surface area contributed by atoms with Crippen LogP contribution in [0.1, 0.15) is 40.7 Å². The lowest BCUT2D eigenvalue weighted by molar-refractivity contribution is -0.944. The molecule has 0 radical (unpaired) electrons. The molecular weight excluding hydrogens is 340 g/mol. The van der Waals surface area contributed by atoms with Gasteiger partial charge in [-0.3, -0.25) is 4.79 Å². The second kappa shape index (κ2) is 5.03. The number of ether oxygens (including phenoxy) is 1. The van der Waals surface area contributed by atoms with Crippen molar-refractivity contribution in [3.05, 3.63) is 53.6 Å². The fraction of sp³-hybridized carbons (Fsp3) is 0.500. The molecule has 1 aromatic rings. The third-order valence-electron chi connectivity index (χ3n) is 7.89. The van der Waals surface area contributed by atoms with Crippen LogP contribution in [-0.2, 0) is 11.8 Å². The summed E-state index contributed by atoms with van der Waals surface area (Å²) < 4.78 is 7.17. The maximum absolute atomic E-state index is 12.2. The molecule has 5 atom stereocenters. The maximum Gasteiger partial charge on any atom is 0.252 e. The van der Waals surface area contributed by atoms with Gasteiger partial charge in [0, 0.05) is 18.4 Å². The van der Waals surface area contributed by atoms with Gasteiger partial charge in [0.15, 0.2) is 0 Å². The second-order valence-corrected chi connectivity index (χ2v) is 9.04. The first-order chi connectivity index (χ1) is 12.8. The number of rotatable bonds is 3. The highest BCUT2D eigenvalue weighted by atomic mass is 16.5. The van der Waals surface area contributed by atoms with Gasteiger partial charge in [-0.2, -0.15) is 0 Å². The van der Waals surface area contributed by atoms with Crippen LogP contribution in [0, 0.1) is 0 Å². The largest absolute Gasteiger partial charge is 0.484 e. The van der Waals surface area contributed by atoms with Gasteiger partial charge in [-0.25, -0.2) is 0 Å². The number of primary amides is 1. The van der Waals surface area contributed by atoms with Gasteiger partial charge in [0.2, 0.25) is 0 Å². The van der Waals surface area contributed by atoms with Crippen LogP contribution in [0.4, 0.5) is 0 Å². The van der Waals surface area contributed by atoms with Crippen LogP contribution in [0.25, 0.3) is 0 Å². The summed E-state index contributed by atoms with van der Waals surface area (Å²) in [7, 11) is 2.23. The van der Waals surface area contributed by atoms with E-state index >= 15 is 0 Å². The van der Waals surface area contributed by atoms with Crippen LogP contribution in [-0.4, -0.2) is 53.4 Å². The molecule has 27 heavy (non-hydrogen) atoms. The van der Waals surface area contributed by atoms with Crippen LogP contribution in [0.5, 0.6) is 5.75 Å². The Morgan fingerprint density at radius 3 is 2.96 bits per heavy atom. The Balaban J connectivity index is 1.82. The highest BCUT2D eigenvalue weighted by Crippen LogP contribution is 2.66. The van der Waals surface area contributed by atoms with Crippen LogP contribution in [0.15, 0.2) is 36.9 Å². The van der Waals surface area contributed by atoms with Gasteiger partial charge in [-0.15, -0.1) is 0 Å². The lowest BCUT2D eigenvalue weighted by Gasteiger charge is -2.64. The molecule has 1 saturated heterocycles. The van der Waals surface area contributed by atoms with Crippen molar-refractivity contribution in [1.82, 2.24) is 0 Å². The van der Waals surface area contributed by atoms with Crippen molar-refractivity contribution in [2.24, 2.45) is 5.73 Å². The number of likely N-dealkylation sites (tertiary alicyclic amines) is 1. The van der Waals surface area contributed by atoms with Gasteiger partial charge < -0.3 is 20.1 Å². The molecule has 1 amide bonds. The molecule has 142 valence electrons. The predicted octanol–water partition coefficient (Wildman–Crippen LogP) is 1.83. The minimum Gasteiger partial charge on any atom is -0.484 e. The van der Waals surface area contributed by atoms with Gasteiger partial charge in [0.05, 0.1) is 31.1 Å². The molecule has 2 heterocycles. The number of hydrogen-bond donors (Lipinski definition) is 2. The zero-order valence-corrected chi connectivity index (χ0v) is 15.8. The number of carbonyl (C=O) groups is 1. The van der Waals surface area contributed by atoms with E-state index in [-0.39, 0.29) is 12.1 Å². The number of piperidine rings is 1. The highest BCUT2D eigenvalue weighted by Gasteiger charge is 2.75. The molecule has 2 aliphatic heterocycles. The first kappa shape index (κ1) is 17.0. The van der Waals surface area contributed by atoms with Gasteiger partial charge in [0.25, 0.3) is 5.91 Å². The molecule has 2 unspecified atom stereocenters. The quantitative estimate of drug-likeness (QED) is 0.632. The Bertz CT molecular complexity index is 909. The summed E-state index contributed by atoms with van der Waals surface area (Å²) in [6, 6.07) is 3.87. The van der Waals surface area contributed by atoms with E-state index in [0.29, 0.717) is 17.7 Å². The topological polar surface area (TPSA) is 72.6 Å². The van der Waals surface area contributed by atoms with Crippen molar-refractivity contribution >= 4 is 5.91 Å². The molecule has 0 aromatic heterocycles. The van der Waals surface area contributed by atoms with E-state index in [1.807, 2.05) is 12.1 Å². The molecule has 3 N–H and O–H groups in total. The standard InChI is InChI=1S/C22H26N2O3/c1-4-10-24(3)11-9-21-17-14-5-6-15(20(23)25)18(17)27-19(21)13(2)7-8-22(21,26)16(24)12-14/h4-6,16,19,26H,1-2,7-12H2,3H3,(H-,23,25)/p+1/t16-,19?,21+,22-,24?/m1/s1. The minimum absolute atomic E-state index is 0.0707. The summed E-state index contributed by atoms with van der Waals surface area (Å²) in [6.07, 6.45) is 4.67. The third kappa shape index (κ3) is 1.75. The number of nitrogens with zero attached hydrogens (tertiary/aromatic N) is 1. The Hall–Kier alpha value is -2.11.